The van der Waals surface area contributed by atoms with Crippen molar-refractivity contribution in [1.29, 1.82) is 0 Å². The van der Waals surface area contributed by atoms with Crippen molar-refractivity contribution in [3.63, 3.8) is 0 Å². The molecule has 7 heteroatoms. The molecule has 0 saturated carbocycles. The lowest BCUT2D eigenvalue weighted by molar-refractivity contribution is -0.861. The van der Waals surface area contributed by atoms with Crippen molar-refractivity contribution >= 4 is 22.7 Å². The number of para-hydroxylation sites is 1. The third kappa shape index (κ3) is 5.45. The van der Waals surface area contributed by atoms with E-state index in [1.165, 1.54) is 14.5 Å². The van der Waals surface area contributed by atoms with Gasteiger partial charge in [-0.1, -0.05) is 23.9 Å². The van der Waals surface area contributed by atoms with Gasteiger partial charge < -0.3 is 14.6 Å². The quantitative estimate of drug-likeness (QED) is 0.464. The second kappa shape index (κ2) is 8.69. The molecule has 0 aliphatic heterocycles. The second-order valence-corrected chi connectivity index (χ2v) is 8.58. The summed E-state index contributed by atoms with van der Waals surface area (Å²) in [5.41, 5.74) is 0.572. The molecule has 0 aliphatic carbocycles. The monoisotopic (exact) mass is 366 g/mol. The van der Waals surface area contributed by atoms with E-state index in [9.17, 15) is 4.79 Å². The number of nitrogens with zero attached hydrogens (tertiary/aromatic N) is 2. The molecule has 0 aliphatic rings. The summed E-state index contributed by atoms with van der Waals surface area (Å²) in [6, 6.07) is 7.43. The molecule has 0 saturated heterocycles. The summed E-state index contributed by atoms with van der Waals surface area (Å²) in [4.78, 5) is 26.3. The Balaban J connectivity index is 2.42. The topological polar surface area (TPSA) is 53.0 Å². The molecule has 2 aromatic rings. The summed E-state index contributed by atoms with van der Waals surface area (Å²) in [5.74, 6) is 0. The fraction of sp³-hybridized carbons (Fsp3) is 0.556. The van der Waals surface area contributed by atoms with E-state index in [-0.39, 0.29) is 11.7 Å². The number of fused-ring (bicyclic) bond motifs is 1. The number of benzene rings is 1. The molecule has 2 rings (SSSR count). The van der Waals surface area contributed by atoms with E-state index in [1.807, 2.05) is 25.1 Å². The van der Waals surface area contributed by atoms with Gasteiger partial charge in [-0.2, -0.15) is 0 Å². The van der Waals surface area contributed by atoms with Crippen molar-refractivity contribution in [1.82, 2.24) is 9.71 Å². The van der Waals surface area contributed by atoms with Crippen molar-refractivity contribution in [3.05, 3.63) is 34.6 Å². The smallest absolute Gasteiger partial charge is 0.295 e. The standard InChI is InChI=1S/C18H28N4O2S/c1-13(11-20(3)4)24-22-17(23)15-9-7-8-10-16(15)19-18(22)25-14(2)12-21(5)6/h7-10,13-14H,11-12H2,1-6H3/p+2/t13-,14+/m0/s1. The first-order chi connectivity index (χ1) is 11.8. The van der Waals surface area contributed by atoms with Gasteiger partial charge in [-0.3, -0.25) is 4.79 Å². The SMILES string of the molecule is C[C@H](C[NH+](C)C)Sc1nc2ccccc2c(=O)n1O[C@@H](C)C[NH+](C)C. The van der Waals surface area contributed by atoms with Crippen molar-refractivity contribution in [3.8, 4) is 0 Å². The maximum Gasteiger partial charge on any atom is 0.295 e. The summed E-state index contributed by atoms with van der Waals surface area (Å²) in [7, 11) is 8.38. The van der Waals surface area contributed by atoms with Crippen molar-refractivity contribution in [2.45, 2.75) is 30.4 Å². The van der Waals surface area contributed by atoms with Crippen LogP contribution in [0.4, 0.5) is 0 Å². The first-order valence-corrected chi connectivity index (χ1v) is 9.59. The van der Waals surface area contributed by atoms with Gasteiger partial charge in [0.15, 0.2) is 6.10 Å². The van der Waals surface area contributed by atoms with E-state index in [1.54, 1.807) is 17.8 Å². The molecular formula is C18H30N4O2S+2. The zero-order valence-corrected chi connectivity index (χ0v) is 16.8. The maximum absolute atomic E-state index is 12.9. The van der Waals surface area contributed by atoms with Gasteiger partial charge >= 0.3 is 0 Å². The molecule has 0 spiro atoms. The Morgan fingerprint density at radius 2 is 1.76 bits per heavy atom. The highest BCUT2D eigenvalue weighted by atomic mass is 32.2. The average molecular weight is 367 g/mol. The normalized spacial score (nSPS) is 14.2. The third-order valence-corrected chi connectivity index (χ3v) is 4.73. The molecule has 25 heavy (non-hydrogen) atoms. The van der Waals surface area contributed by atoms with Gasteiger partial charge in [0.2, 0.25) is 5.16 Å². The van der Waals surface area contributed by atoms with E-state index in [4.69, 9.17) is 9.82 Å². The molecule has 0 fully saturated rings. The minimum Gasteiger partial charge on any atom is -0.399 e. The predicted molar refractivity (Wildman–Crippen MR) is 103 cm³/mol. The number of hydrogen-bond acceptors (Lipinski definition) is 4. The average Bonchev–Trinajstić information content (AvgIpc) is 2.49. The van der Waals surface area contributed by atoms with Gasteiger partial charge in [0.1, 0.15) is 6.54 Å². The summed E-state index contributed by atoms with van der Waals surface area (Å²) in [6.07, 6.45) is -0.0835. The Hall–Kier alpha value is -1.57. The Morgan fingerprint density at radius 3 is 2.40 bits per heavy atom. The third-order valence-electron chi connectivity index (χ3n) is 3.69. The molecule has 1 heterocycles. The van der Waals surface area contributed by atoms with Gasteiger partial charge in [0, 0.05) is 0 Å². The molecule has 0 bridgehead atoms. The van der Waals surface area contributed by atoms with Crippen molar-refractivity contribution in [2.75, 3.05) is 41.3 Å². The Morgan fingerprint density at radius 1 is 1.12 bits per heavy atom. The lowest BCUT2D eigenvalue weighted by atomic mass is 10.2. The van der Waals surface area contributed by atoms with Crippen LogP contribution < -0.4 is 20.2 Å². The summed E-state index contributed by atoms with van der Waals surface area (Å²) >= 11 is 1.59. The van der Waals surface area contributed by atoms with Crippen molar-refractivity contribution < 1.29 is 14.6 Å². The van der Waals surface area contributed by atoms with Crippen molar-refractivity contribution in [2.24, 2.45) is 0 Å². The van der Waals surface area contributed by atoms with Gasteiger partial charge in [-0.05, 0) is 26.0 Å². The number of likely N-dealkylation sites (N-methyl/N-ethyl adjacent to an activating group) is 1. The van der Waals surface area contributed by atoms with Crippen LogP contribution in [-0.2, 0) is 0 Å². The highest BCUT2D eigenvalue weighted by molar-refractivity contribution is 7.99. The van der Waals surface area contributed by atoms with Crippen LogP contribution in [0, 0.1) is 0 Å². The number of quaternary nitrogens is 2. The Kier molecular flexibility index (Phi) is 6.87. The molecule has 6 nitrogen and oxygen atoms in total. The zero-order chi connectivity index (χ0) is 18.6. The van der Waals surface area contributed by atoms with Crippen LogP contribution in [0.25, 0.3) is 10.9 Å². The Labute approximate surface area is 153 Å². The number of rotatable bonds is 8. The fourth-order valence-electron chi connectivity index (χ4n) is 2.85. The predicted octanol–water partition coefficient (Wildman–Crippen LogP) is -1.02. The number of thioether (sulfide) groups is 1. The van der Waals surface area contributed by atoms with Crippen LogP contribution in [0.5, 0.6) is 0 Å². The van der Waals surface area contributed by atoms with E-state index in [2.05, 4.69) is 35.1 Å². The molecule has 2 N–H and O–H groups in total. The first-order valence-electron chi connectivity index (χ1n) is 8.71. The molecule has 0 amide bonds. The Bertz CT molecular complexity index is 760. The molecule has 0 radical (unpaired) electrons. The van der Waals surface area contributed by atoms with Crippen LogP contribution in [0.2, 0.25) is 0 Å². The minimum absolute atomic E-state index is 0.0835. The molecule has 138 valence electrons. The summed E-state index contributed by atoms with van der Waals surface area (Å²) in [6.45, 7) is 5.92. The number of aromatic nitrogens is 2. The molecule has 1 aromatic heterocycles. The van der Waals surface area contributed by atoms with E-state index >= 15 is 0 Å². The van der Waals surface area contributed by atoms with Crippen LogP contribution >= 0.6 is 11.8 Å². The number of hydrogen-bond donors (Lipinski definition) is 2. The lowest BCUT2D eigenvalue weighted by Crippen LogP contribution is -3.07. The first kappa shape index (κ1) is 19.8. The fourth-order valence-corrected chi connectivity index (χ4v) is 4.00. The van der Waals surface area contributed by atoms with Crippen LogP contribution in [0.1, 0.15) is 13.8 Å². The summed E-state index contributed by atoms with van der Waals surface area (Å²) in [5, 5.41) is 1.53. The van der Waals surface area contributed by atoms with Gasteiger partial charge in [-0.15, -0.1) is 4.73 Å². The second-order valence-electron chi connectivity index (χ2n) is 7.18. The van der Waals surface area contributed by atoms with Gasteiger partial charge in [0.25, 0.3) is 5.56 Å². The van der Waals surface area contributed by atoms with E-state index in [0.717, 1.165) is 13.1 Å². The molecular weight excluding hydrogens is 336 g/mol. The van der Waals surface area contributed by atoms with Crippen LogP contribution in [0.15, 0.2) is 34.2 Å². The molecule has 1 aromatic carbocycles. The largest absolute Gasteiger partial charge is 0.399 e. The highest BCUT2D eigenvalue weighted by Gasteiger charge is 2.19. The van der Waals surface area contributed by atoms with Crippen LogP contribution in [-0.4, -0.2) is 62.3 Å². The van der Waals surface area contributed by atoms with Gasteiger partial charge in [0.05, 0.1) is 50.9 Å². The van der Waals surface area contributed by atoms with Crippen LogP contribution in [0.3, 0.4) is 0 Å². The van der Waals surface area contributed by atoms with E-state index < -0.39 is 0 Å². The maximum atomic E-state index is 12.9. The number of nitrogens with one attached hydrogen (secondary N) is 2. The zero-order valence-electron chi connectivity index (χ0n) is 16.0. The minimum atomic E-state index is -0.141. The van der Waals surface area contributed by atoms with Gasteiger partial charge in [-0.25, -0.2) is 4.98 Å². The lowest BCUT2D eigenvalue weighted by Gasteiger charge is -2.21. The molecule has 0 unspecified atom stereocenters. The van der Waals surface area contributed by atoms with E-state index in [0.29, 0.717) is 21.3 Å². The highest BCUT2D eigenvalue weighted by Crippen LogP contribution is 2.21. The summed E-state index contributed by atoms with van der Waals surface area (Å²) < 4.78 is 1.39. The molecule has 2 atom stereocenters.